The molecular formula is C14H29N3O. The topological polar surface area (TPSA) is 44.4 Å². The Kier molecular flexibility index (Phi) is 6.65. The number of likely N-dealkylation sites (tertiary alicyclic amines) is 1. The third-order valence-corrected chi connectivity index (χ3v) is 3.07. The zero-order valence-electron chi connectivity index (χ0n) is 12.2. The second kappa shape index (κ2) is 7.74. The maximum Gasteiger partial charge on any atom is 0.221 e. The molecule has 18 heavy (non-hydrogen) atoms. The molecule has 1 saturated heterocycles. The van der Waals surface area contributed by atoms with Crippen LogP contribution in [0.15, 0.2) is 0 Å². The van der Waals surface area contributed by atoms with Crippen LogP contribution in [0.1, 0.15) is 46.5 Å². The Bertz CT molecular complexity index is 242. The van der Waals surface area contributed by atoms with E-state index in [0.717, 1.165) is 13.1 Å². The van der Waals surface area contributed by atoms with Crippen molar-refractivity contribution < 1.29 is 4.79 Å². The van der Waals surface area contributed by atoms with Crippen LogP contribution in [0.4, 0.5) is 0 Å². The Hall–Kier alpha value is -0.610. The van der Waals surface area contributed by atoms with Gasteiger partial charge in [0.05, 0.1) is 0 Å². The van der Waals surface area contributed by atoms with Crippen LogP contribution in [0.3, 0.4) is 0 Å². The van der Waals surface area contributed by atoms with Crippen LogP contribution >= 0.6 is 0 Å². The molecule has 4 heteroatoms. The second-order valence-corrected chi connectivity index (χ2v) is 6.20. The van der Waals surface area contributed by atoms with Crippen LogP contribution in [0.25, 0.3) is 0 Å². The maximum atomic E-state index is 11.5. The van der Waals surface area contributed by atoms with Crippen molar-refractivity contribution in [3.63, 3.8) is 0 Å². The van der Waals surface area contributed by atoms with E-state index in [4.69, 9.17) is 0 Å². The van der Waals surface area contributed by atoms with E-state index < -0.39 is 0 Å². The smallest absolute Gasteiger partial charge is 0.221 e. The third kappa shape index (κ3) is 7.67. The minimum atomic E-state index is -0.118. The summed E-state index contributed by atoms with van der Waals surface area (Å²) in [5, 5.41) is 6.31. The lowest BCUT2D eigenvalue weighted by Crippen LogP contribution is -2.41. The average molecular weight is 255 g/mol. The van der Waals surface area contributed by atoms with Gasteiger partial charge in [0.25, 0.3) is 0 Å². The number of amides is 1. The fraction of sp³-hybridized carbons (Fsp3) is 0.929. The number of carbonyl (C=O) groups excluding carboxylic acids is 1. The lowest BCUT2D eigenvalue weighted by atomic mass is 10.1. The molecule has 106 valence electrons. The van der Waals surface area contributed by atoms with Gasteiger partial charge in [-0.25, -0.2) is 0 Å². The zero-order chi connectivity index (χ0) is 13.4. The molecular weight excluding hydrogens is 226 g/mol. The molecule has 0 bridgehead atoms. The van der Waals surface area contributed by atoms with Crippen molar-refractivity contribution in [3.8, 4) is 0 Å². The molecule has 1 aliphatic rings. The van der Waals surface area contributed by atoms with Crippen LogP contribution in [0.5, 0.6) is 0 Å². The molecule has 0 unspecified atom stereocenters. The number of nitrogens with one attached hydrogen (secondary N) is 2. The molecule has 0 spiro atoms. The third-order valence-electron chi connectivity index (χ3n) is 3.07. The lowest BCUT2D eigenvalue weighted by Gasteiger charge is -2.20. The van der Waals surface area contributed by atoms with Gasteiger partial charge in [-0.15, -0.1) is 0 Å². The van der Waals surface area contributed by atoms with E-state index in [-0.39, 0.29) is 11.4 Å². The van der Waals surface area contributed by atoms with Crippen molar-refractivity contribution in [1.82, 2.24) is 15.5 Å². The summed E-state index contributed by atoms with van der Waals surface area (Å²) in [6.45, 7) is 11.6. The first-order valence-corrected chi connectivity index (χ1v) is 7.21. The van der Waals surface area contributed by atoms with E-state index in [9.17, 15) is 4.79 Å². The Morgan fingerprint density at radius 1 is 1.17 bits per heavy atom. The first-order chi connectivity index (χ1) is 8.47. The monoisotopic (exact) mass is 255 g/mol. The molecule has 0 aliphatic carbocycles. The number of hydrogen-bond acceptors (Lipinski definition) is 3. The van der Waals surface area contributed by atoms with Crippen LogP contribution in [-0.2, 0) is 4.79 Å². The average Bonchev–Trinajstić information content (AvgIpc) is 2.73. The summed E-state index contributed by atoms with van der Waals surface area (Å²) in [7, 11) is 0. The molecule has 1 rings (SSSR count). The molecule has 4 nitrogen and oxygen atoms in total. The van der Waals surface area contributed by atoms with E-state index in [2.05, 4.69) is 15.5 Å². The van der Waals surface area contributed by atoms with Gasteiger partial charge in [-0.3, -0.25) is 4.79 Å². The lowest BCUT2D eigenvalue weighted by molar-refractivity contribution is -0.122. The molecule has 1 amide bonds. The number of hydrogen-bond donors (Lipinski definition) is 2. The highest BCUT2D eigenvalue weighted by molar-refractivity contribution is 5.76. The van der Waals surface area contributed by atoms with Crippen molar-refractivity contribution >= 4 is 5.91 Å². The molecule has 0 aromatic heterocycles. The first kappa shape index (κ1) is 15.4. The Labute approximate surface area is 111 Å². The molecule has 1 heterocycles. The van der Waals surface area contributed by atoms with E-state index in [1.54, 1.807) is 0 Å². The van der Waals surface area contributed by atoms with Gasteiger partial charge >= 0.3 is 0 Å². The van der Waals surface area contributed by atoms with Gasteiger partial charge in [-0.05, 0) is 66.2 Å². The maximum absolute atomic E-state index is 11.5. The molecule has 0 saturated carbocycles. The quantitative estimate of drug-likeness (QED) is 0.675. The van der Waals surface area contributed by atoms with Crippen molar-refractivity contribution in [3.05, 3.63) is 0 Å². The largest absolute Gasteiger partial charge is 0.351 e. The number of nitrogens with zero attached hydrogens (tertiary/aromatic N) is 1. The van der Waals surface area contributed by atoms with Crippen LogP contribution in [-0.4, -0.2) is 49.1 Å². The molecule has 0 aromatic carbocycles. The van der Waals surface area contributed by atoms with Gasteiger partial charge in [-0.2, -0.15) is 0 Å². The first-order valence-electron chi connectivity index (χ1n) is 7.21. The predicted molar refractivity (Wildman–Crippen MR) is 75.7 cm³/mol. The highest BCUT2D eigenvalue weighted by Gasteiger charge is 2.13. The molecule has 1 aliphatic heterocycles. The van der Waals surface area contributed by atoms with Gasteiger partial charge in [-0.1, -0.05) is 0 Å². The van der Waals surface area contributed by atoms with Gasteiger partial charge in [0.2, 0.25) is 5.91 Å². The SMILES string of the molecule is CC(C)(C)NC(=O)CCNCCCN1CCCC1. The second-order valence-electron chi connectivity index (χ2n) is 6.20. The highest BCUT2D eigenvalue weighted by atomic mass is 16.1. The van der Waals surface area contributed by atoms with Crippen molar-refractivity contribution in [1.29, 1.82) is 0 Å². The summed E-state index contributed by atoms with van der Waals surface area (Å²) < 4.78 is 0. The molecule has 2 N–H and O–H groups in total. The van der Waals surface area contributed by atoms with Crippen molar-refractivity contribution in [2.24, 2.45) is 0 Å². The summed E-state index contributed by atoms with van der Waals surface area (Å²) in [5.41, 5.74) is -0.118. The molecule has 0 aromatic rings. The summed E-state index contributed by atoms with van der Waals surface area (Å²) in [4.78, 5) is 14.1. The van der Waals surface area contributed by atoms with Gasteiger partial charge in [0, 0.05) is 18.5 Å². The van der Waals surface area contributed by atoms with Crippen molar-refractivity contribution in [2.75, 3.05) is 32.7 Å². The Morgan fingerprint density at radius 3 is 2.44 bits per heavy atom. The van der Waals surface area contributed by atoms with E-state index in [1.807, 2.05) is 20.8 Å². The Balaban J connectivity index is 1.90. The predicted octanol–water partition coefficient (Wildman–Crippen LogP) is 1.37. The molecule has 0 radical (unpaired) electrons. The normalized spacial score (nSPS) is 17.1. The summed E-state index contributed by atoms with van der Waals surface area (Å²) in [5.74, 6) is 0.134. The van der Waals surface area contributed by atoms with Gasteiger partial charge < -0.3 is 15.5 Å². The summed E-state index contributed by atoms with van der Waals surface area (Å²) in [6, 6.07) is 0. The fourth-order valence-electron chi connectivity index (χ4n) is 2.24. The van der Waals surface area contributed by atoms with Gasteiger partial charge in [0.1, 0.15) is 0 Å². The van der Waals surface area contributed by atoms with Gasteiger partial charge in [0.15, 0.2) is 0 Å². The van der Waals surface area contributed by atoms with E-state index in [0.29, 0.717) is 6.42 Å². The van der Waals surface area contributed by atoms with Crippen LogP contribution in [0, 0.1) is 0 Å². The van der Waals surface area contributed by atoms with Crippen LogP contribution in [0.2, 0.25) is 0 Å². The van der Waals surface area contributed by atoms with Crippen molar-refractivity contribution in [2.45, 2.75) is 52.0 Å². The van der Waals surface area contributed by atoms with Crippen LogP contribution < -0.4 is 10.6 Å². The zero-order valence-corrected chi connectivity index (χ0v) is 12.2. The summed E-state index contributed by atoms with van der Waals surface area (Å²) in [6.07, 6.45) is 4.47. The van der Waals surface area contributed by atoms with E-state index >= 15 is 0 Å². The minimum absolute atomic E-state index is 0.118. The standard InChI is InChI=1S/C14H29N3O/c1-14(2,3)16-13(18)7-9-15-8-6-12-17-10-4-5-11-17/h15H,4-12H2,1-3H3,(H,16,18). The highest BCUT2D eigenvalue weighted by Crippen LogP contribution is 2.06. The minimum Gasteiger partial charge on any atom is -0.351 e. The fourth-order valence-corrected chi connectivity index (χ4v) is 2.24. The number of rotatable bonds is 7. The molecule has 1 fully saturated rings. The number of carbonyl (C=O) groups is 1. The Morgan fingerprint density at radius 2 is 1.83 bits per heavy atom. The summed E-state index contributed by atoms with van der Waals surface area (Å²) >= 11 is 0. The van der Waals surface area contributed by atoms with E-state index in [1.165, 1.54) is 38.9 Å². The molecule has 0 atom stereocenters.